The summed E-state index contributed by atoms with van der Waals surface area (Å²) >= 11 is 0. The first-order valence-electron chi connectivity index (χ1n) is 10.4. The second kappa shape index (κ2) is 23.0. The van der Waals surface area contributed by atoms with E-state index in [2.05, 4.69) is 25.7 Å². The molecule has 0 amide bonds. The number of carboxylic acid groups (broad SMARTS) is 1. The normalized spacial score (nSPS) is 11.0. The van der Waals surface area contributed by atoms with Crippen LogP contribution in [-0.2, 0) is 4.79 Å². The zero-order valence-corrected chi connectivity index (χ0v) is 16.9. The van der Waals surface area contributed by atoms with Gasteiger partial charge in [-0.05, 0) is 26.2 Å². The summed E-state index contributed by atoms with van der Waals surface area (Å²) in [6.45, 7) is 5.43. The van der Waals surface area contributed by atoms with E-state index in [4.69, 9.17) is 9.90 Å². The van der Waals surface area contributed by atoms with Crippen molar-refractivity contribution in [2.45, 2.75) is 123 Å². The Kier molecular flexibility index (Phi) is 24.1. The number of aliphatic hydroxyl groups excluding tert-OH is 1. The maximum atomic E-state index is 9.66. The highest BCUT2D eigenvalue weighted by Crippen LogP contribution is 2.11. The van der Waals surface area contributed by atoms with E-state index < -0.39 is 5.97 Å². The zero-order chi connectivity index (χ0) is 19.2. The molecular formula is C22H41O3-. The summed E-state index contributed by atoms with van der Waals surface area (Å²) in [7, 11) is 0. The van der Waals surface area contributed by atoms with Crippen molar-refractivity contribution in [3.63, 3.8) is 0 Å². The van der Waals surface area contributed by atoms with Crippen molar-refractivity contribution >= 4 is 5.97 Å². The van der Waals surface area contributed by atoms with E-state index in [9.17, 15) is 5.11 Å². The number of aliphatic hydroxyl groups is 1. The number of carbonyl (C=O) groups excluding carboxylic acids is 1. The lowest BCUT2D eigenvalue weighted by Gasteiger charge is -2.02. The molecule has 148 valence electrons. The monoisotopic (exact) mass is 353 g/mol. The Balaban J connectivity index is 0. The Morgan fingerprint density at radius 3 is 1.72 bits per heavy atom. The average Bonchev–Trinajstić information content (AvgIpc) is 2.55. The largest absolute Gasteiger partial charge is 0.550 e. The predicted octanol–water partition coefficient (Wildman–Crippen LogP) is 5.00. The van der Waals surface area contributed by atoms with Crippen LogP contribution >= 0.6 is 0 Å². The SMILES string of the molecule is CC(=O)[O-].CCCCCCCCCCCCC#CC(O)CCCCC. The maximum Gasteiger partial charge on any atom is 0.114 e. The van der Waals surface area contributed by atoms with Crippen molar-refractivity contribution in [3.8, 4) is 11.8 Å². The molecule has 0 saturated carbocycles. The molecule has 0 aromatic carbocycles. The van der Waals surface area contributed by atoms with Crippen molar-refractivity contribution < 1.29 is 15.0 Å². The van der Waals surface area contributed by atoms with Crippen LogP contribution in [-0.4, -0.2) is 17.2 Å². The third-order valence-electron chi connectivity index (χ3n) is 4.01. The number of carbonyl (C=O) groups is 1. The quantitative estimate of drug-likeness (QED) is 0.353. The van der Waals surface area contributed by atoms with Crippen LogP contribution in [0, 0.1) is 11.8 Å². The van der Waals surface area contributed by atoms with Gasteiger partial charge >= 0.3 is 0 Å². The molecule has 0 spiro atoms. The highest BCUT2D eigenvalue weighted by atomic mass is 16.4. The van der Waals surface area contributed by atoms with E-state index >= 15 is 0 Å². The molecule has 0 aromatic heterocycles. The fraction of sp³-hybridized carbons (Fsp3) is 0.864. The summed E-state index contributed by atoms with van der Waals surface area (Å²) in [5.41, 5.74) is 0. The van der Waals surface area contributed by atoms with Gasteiger partial charge in [0.1, 0.15) is 6.10 Å². The third-order valence-corrected chi connectivity index (χ3v) is 4.01. The van der Waals surface area contributed by atoms with Gasteiger partial charge in [0, 0.05) is 12.4 Å². The number of aliphatic carboxylic acids is 1. The van der Waals surface area contributed by atoms with Gasteiger partial charge in [0.15, 0.2) is 0 Å². The molecule has 0 aliphatic rings. The fourth-order valence-corrected chi connectivity index (χ4v) is 2.55. The van der Waals surface area contributed by atoms with E-state index in [-0.39, 0.29) is 6.10 Å². The number of rotatable bonds is 14. The number of hydrogen-bond acceptors (Lipinski definition) is 3. The predicted molar refractivity (Wildman–Crippen MR) is 105 cm³/mol. The van der Waals surface area contributed by atoms with Gasteiger partial charge in [-0.3, -0.25) is 0 Å². The smallest absolute Gasteiger partial charge is 0.114 e. The van der Waals surface area contributed by atoms with E-state index in [1.807, 2.05) is 0 Å². The first-order valence-corrected chi connectivity index (χ1v) is 10.4. The lowest BCUT2D eigenvalue weighted by Crippen LogP contribution is -2.16. The Labute approximate surface area is 156 Å². The molecule has 0 saturated heterocycles. The maximum absolute atomic E-state index is 9.66. The highest BCUT2D eigenvalue weighted by molar-refractivity contribution is 5.60. The number of hydrogen-bond donors (Lipinski definition) is 1. The lowest BCUT2D eigenvalue weighted by atomic mass is 10.1. The van der Waals surface area contributed by atoms with Crippen LogP contribution in [0.15, 0.2) is 0 Å². The van der Waals surface area contributed by atoms with Crippen molar-refractivity contribution in [3.05, 3.63) is 0 Å². The molecular weight excluding hydrogens is 312 g/mol. The van der Waals surface area contributed by atoms with Gasteiger partial charge in [-0.15, -0.1) is 5.92 Å². The molecule has 0 aliphatic heterocycles. The standard InChI is InChI=1S/C20H38O.C2H4O2/c1-3-5-7-8-9-10-11-12-13-14-15-17-19-20(21)18-16-6-4-2;1-2(3)4/h20-21H,3-16,18H2,1-2H3;1H3,(H,3,4)/p-1. The van der Waals surface area contributed by atoms with Crippen LogP contribution in [0.2, 0.25) is 0 Å². The molecule has 0 radical (unpaired) electrons. The van der Waals surface area contributed by atoms with Gasteiger partial charge in [-0.2, -0.15) is 0 Å². The van der Waals surface area contributed by atoms with E-state index in [0.717, 1.165) is 26.2 Å². The molecule has 1 unspecified atom stereocenters. The van der Waals surface area contributed by atoms with Crippen molar-refractivity contribution in [2.75, 3.05) is 0 Å². The Morgan fingerprint density at radius 1 is 0.840 bits per heavy atom. The van der Waals surface area contributed by atoms with Crippen LogP contribution < -0.4 is 5.11 Å². The minimum Gasteiger partial charge on any atom is -0.550 e. The summed E-state index contributed by atoms with van der Waals surface area (Å²) in [5, 5.41) is 18.6. The second-order valence-electron chi connectivity index (χ2n) is 6.76. The molecule has 25 heavy (non-hydrogen) atoms. The van der Waals surface area contributed by atoms with Crippen molar-refractivity contribution in [2.24, 2.45) is 0 Å². The van der Waals surface area contributed by atoms with Gasteiger partial charge in [0.2, 0.25) is 0 Å². The van der Waals surface area contributed by atoms with Gasteiger partial charge in [0.25, 0.3) is 0 Å². The number of carboxylic acids is 1. The second-order valence-corrected chi connectivity index (χ2v) is 6.76. The van der Waals surface area contributed by atoms with Gasteiger partial charge in [-0.1, -0.05) is 90.4 Å². The minimum atomic E-state index is -1.08. The molecule has 3 heteroatoms. The summed E-state index contributed by atoms with van der Waals surface area (Å²) in [4.78, 5) is 8.89. The van der Waals surface area contributed by atoms with Crippen LogP contribution in [0.25, 0.3) is 0 Å². The lowest BCUT2D eigenvalue weighted by molar-refractivity contribution is -0.302. The topological polar surface area (TPSA) is 60.4 Å². The van der Waals surface area contributed by atoms with Gasteiger partial charge in [0.05, 0.1) is 0 Å². The Morgan fingerprint density at radius 2 is 1.24 bits per heavy atom. The Hall–Kier alpha value is -1.01. The molecule has 0 rings (SSSR count). The molecule has 0 bridgehead atoms. The molecule has 3 nitrogen and oxygen atoms in total. The molecule has 1 N–H and O–H groups in total. The minimum absolute atomic E-state index is 0.389. The molecule has 1 atom stereocenters. The van der Waals surface area contributed by atoms with E-state index in [1.165, 1.54) is 77.0 Å². The summed E-state index contributed by atoms with van der Waals surface area (Å²) in [6.07, 6.45) is 18.6. The Bertz CT molecular complexity index is 324. The average molecular weight is 354 g/mol. The van der Waals surface area contributed by atoms with E-state index in [0.29, 0.717) is 0 Å². The number of unbranched alkanes of at least 4 members (excludes halogenated alkanes) is 12. The molecule has 0 aromatic rings. The van der Waals surface area contributed by atoms with Gasteiger partial charge < -0.3 is 15.0 Å². The summed E-state index contributed by atoms with van der Waals surface area (Å²) in [6, 6.07) is 0. The molecule has 0 fully saturated rings. The fourth-order valence-electron chi connectivity index (χ4n) is 2.55. The van der Waals surface area contributed by atoms with E-state index in [1.54, 1.807) is 0 Å². The molecule has 0 heterocycles. The van der Waals surface area contributed by atoms with Crippen LogP contribution in [0.5, 0.6) is 0 Å². The first-order chi connectivity index (χ1) is 12.0. The van der Waals surface area contributed by atoms with Crippen molar-refractivity contribution in [1.82, 2.24) is 0 Å². The molecule has 0 aliphatic carbocycles. The first kappa shape index (κ1) is 26.2. The van der Waals surface area contributed by atoms with Gasteiger partial charge in [-0.25, -0.2) is 0 Å². The third kappa shape index (κ3) is 31.3. The van der Waals surface area contributed by atoms with Crippen LogP contribution in [0.4, 0.5) is 0 Å². The summed E-state index contributed by atoms with van der Waals surface area (Å²) < 4.78 is 0. The zero-order valence-electron chi connectivity index (χ0n) is 16.9. The van der Waals surface area contributed by atoms with Crippen LogP contribution in [0.3, 0.4) is 0 Å². The highest BCUT2D eigenvalue weighted by Gasteiger charge is 1.97. The summed E-state index contributed by atoms with van der Waals surface area (Å²) in [5.74, 6) is 5.03. The van der Waals surface area contributed by atoms with Crippen molar-refractivity contribution in [1.29, 1.82) is 0 Å². The van der Waals surface area contributed by atoms with Crippen LogP contribution in [0.1, 0.15) is 117 Å².